The molecule has 2 heterocycles. The fourth-order valence-corrected chi connectivity index (χ4v) is 2.25. The van der Waals surface area contributed by atoms with Crippen LogP contribution in [0.3, 0.4) is 0 Å². The first-order valence-corrected chi connectivity index (χ1v) is 6.32. The number of likely N-dealkylation sites (N-methyl/N-ethyl adjacent to an activating group) is 1. The Kier molecular flexibility index (Phi) is 4.01. The summed E-state index contributed by atoms with van der Waals surface area (Å²) in [6, 6.07) is 3.60. The lowest BCUT2D eigenvalue weighted by Crippen LogP contribution is -2.45. The van der Waals surface area contributed by atoms with Crippen molar-refractivity contribution in [2.45, 2.75) is 18.4 Å². The molecular weight excluding hydrogens is 244 g/mol. The van der Waals surface area contributed by atoms with E-state index in [4.69, 9.17) is 15.9 Å². The van der Waals surface area contributed by atoms with E-state index in [0.717, 1.165) is 5.69 Å². The van der Waals surface area contributed by atoms with Crippen molar-refractivity contribution in [2.75, 3.05) is 31.7 Å². The lowest BCUT2D eigenvalue weighted by atomic mass is 9.94. The second kappa shape index (κ2) is 5.54. The Balaban J connectivity index is 2.08. The van der Waals surface area contributed by atoms with Gasteiger partial charge in [-0.3, -0.25) is 10.4 Å². The molecule has 0 saturated carbocycles. The van der Waals surface area contributed by atoms with Crippen LogP contribution in [-0.4, -0.2) is 48.3 Å². The van der Waals surface area contributed by atoms with Gasteiger partial charge in [-0.2, -0.15) is 0 Å². The van der Waals surface area contributed by atoms with Crippen molar-refractivity contribution in [1.29, 1.82) is 5.41 Å². The molecule has 0 unspecified atom stereocenters. The van der Waals surface area contributed by atoms with Gasteiger partial charge in [0.15, 0.2) is 0 Å². The molecule has 6 heteroatoms. The van der Waals surface area contributed by atoms with E-state index in [2.05, 4.69) is 4.98 Å². The minimum Gasteiger partial charge on any atom is -0.388 e. The summed E-state index contributed by atoms with van der Waals surface area (Å²) < 4.78 is 5.27. The number of ether oxygens (including phenoxy) is 1. The van der Waals surface area contributed by atoms with Crippen molar-refractivity contribution < 1.29 is 9.84 Å². The van der Waals surface area contributed by atoms with Gasteiger partial charge in [-0.05, 0) is 12.1 Å². The summed E-state index contributed by atoms with van der Waals surface area (Å²) in [6.45, 7) is 1.72. The number of amidine groups is 1. The highest BCUT2D eigenvalue weighted by atomic mass is 16.5. The molecule has 0 atom stereocenters. The summed E-state index contributed by atoms with van der Waals surface area (Å²) in [5, 5.41) is 17.9. The standard InChI is InChI=1S/C13H20N4O2/c1-17(9-13(18)3-6-19-7-4-13)10-2-5-16-11(8-10)12(14)15/h2,5,8,18H,3-4,6-7,9H2,1H3,(H3,14,15). The van der Waals surface area contributed by atoms with Crippen LogP contribution in [0.1, 0.15) is 18.5 Å². The largest absolute Gasteiger partial charge is 0.388 e. The maximum Gasteiger partial charge on any atom is 0.141 e. The van der Waals surface area contributed by atoms with Crippen LogP contribution in [-0.2, 0) is 4.74 Å². The molecule has 19 heavy (non-hydrogen) atoms. The van der Waals surface area contributed by atoms with Crippen LogP contribution in [0.5, 0.6) is 0 Å². The lowest BCUT2D eigenvalue weighted by molar-refractivity contribution is -0.0572. The summed E-state index contributed by atoms with van der Waals surface area (Å²) in [5.74, 6) is -0.0555. The Hall–Kier alpha value is -1.66. The maximum absolute atomic E-state index is 10.5. The molecule has 0 spiro atoms. The number of aromatic nitrogens is 1. The zero-order valence-electron chi connectivity index (χ0n) is 11.1. The van der Waals surface area contributed by atoms with Crippen molar-refractivity contribution in [3.63, 3.8) is 0 Å². The van der Waals surface area contributed by atoms with Crippen molar-refractivity contribution >= 4 is 11.5 Å². The average molecular weight is 264 g/mol. The number of rotatable bonds is 4. The summed E-state index contributed by atoms with van der Waals surface area (Å²) in [5.41, 5.74) is 6.05. The predicted octanol–water partition coefficient (Wildman–Crippen LogP) is 0.343. The topological polar surface area (TPSA) is 95.5 Å². The molecule has 6 nitrogen and oxygen atoms in total. The van der Waals surface area contributed by atoms with Crippen LogP contribution in [0.4, 0.5) is 5.69 Å². The van der Waals surface area contributed by atoms with E-state index in [9.17, 15) is 5.11 Å². The fourth-order valence-electron chi connectivity index (χ4n) is 2.25. The molecule has 0 radical (unpaired) electrons. The highest BCUT2D eigenvalue weighted by Gasteiger charge is 2.31. The zero-order chi connectivity index (χ0) is 13.9. The molecule has 1 saturated heterocycles. The Morgan fingerprint density at radius 3 is 2.89 bits per heavy atom. The molecule has 104 valence electrons. The molecule has 0 aliphatic carbocycles. The SMILES string of the molecule is CN(CC1(O)CCOCC1)c1ccnc(C(=N)N)c1. The molecule has 1 aromatic heterocycles. The first-order chi connectivity index (χ1) is 9.00. The third-order valence-corrected chi connectivity index (χ3v) is 3.42. The number of anilines is 1. The van der Waals surface area contributed by atoms with Crippen LogP contribution >= 0.6 is 0 Å². The number of pyridine rings is 1. The summed E-state index contributed by atoms with van der Waals surface area (Å²) in [7, 11) is 1.91. The van der Waals surface area contributed by atoms with Gasteiger partial charge >= 0.3 is 0 Å². The molecule has 0 amide bonds. The zero-order valence-corrected chi connectivity index (χ0v) is 11.1. The van der Waals surface area contributed by atoms with E-state index in [1.807, 2.05) is 18.0 Å². The molecule has 2 rings (SSSR count). The predicted molar refractivity (Wildman–Crippen MR) is 73.5 cm³/mol. The van der Waals surface area contributed by atoms with E-state index >= 15 is 0 Å². The van der Waals surface area contributed by atoms with Crippen LogP contribution < -0.4 is 10.6 Å². The van der Waals surface area contributed by atoms with E-state index in [-0.39, 0.29) is 5.84 Å². The van der Waals surface area contributed by atoms with Crippen molar-refractivity contribution in [2.24, 2.45) is 5.73 Å². The molecule has 1 aliphatic heterocycles. The third kappa shape index (κ3) is 3.42. The quantitative estimate of drug-likeness (QED) is 0.538. The fraction of sp³-hybridized carbons (Fsp3) is 0.538. The maximum atomic E-state index is 10.5. The minimum absolute atomic E-state index is 0.0555. The van der Waals surface area contributed by atoms with Crippen LogP contribution in [0.15, 0.2) is 18.3 Å². The second-order valence-corrected chi connectivity index (χ2v) is 5.01. The second-order valence-electron chi connectivity index (χ2n) is 5.01. The van der Waals surface area contributed by atoms with E-state index in [0.29, 0.717) is 38.3 Å². The molecule has 1 aliphatic rings. The van der Waals surface area contributed by atoms with Gasteiger partial charge in [0.25, 0.3) is 0 Å². The Bertz CT molecular complexity index is 458. The number of nitrogen functional groups attached to an aromatic ring is 1. The Morgan fingerprint density at radius 2 is 2.26 bits per heavy atom. The summed E-state index contributed by atoms with van der Waals surface area (Å²) in [6.07, 6.45) is 2.90. The number of aliphatic hydroxyl groups is 1. The van der Waals surface area contributed by atoms with Gasteiger partial charge in [0, 0.05) is 51.5 Å². The van der Waals surface area contributed by atoms with Crippen LogP contribution in [0.25, 0.3) is 0 Å². The van der Waals surface area contributed by atoms with Gasteiger partial charge in [0.1, 0.15) is 11.5 Å². The van der Waals surface area contributed by atoms with Crippen molar-refractivity contribution in [1.82, 2.24) is 4.98 Å². The van der Waals surface area contributed by atoms with Gasteiger partial charge < -0.3 is 20.5 Å². The number of hydrogen-bond acceptors (Lipinski definition) is 5. The number of nitrogens with two attached hydrogens (primary N) is 1. The monoisotopic (exact) mass is 264 g/mol. The molecular formula is C13H20N4O2. The molecule has 1 fully saturated rings. The van der Waals surface area contributed by atoms with Crippen LogP contribution in [0.2, 0.25) is 0 Å². The lowest BCUT2D eigenvalue weighted by Gasteiger charge is -2.36. The molecule has 1 aromatic rings. The van der Waals surface area contributed by atoms with E-state index < -0.39 is 5.60 Å². The van der Waals surface area contributed by atoms with Gasteiger partial charge in [0.2, 0.25) is 0 Å². The van der Waals surface area contributed by atoms with Gasteiger partial charge in [-0.25, -0.2) is 0 Å². The van der Waals surface area contributed by atoms with Gasteiger partial charge in [0.05, 0.1) is 5.60 Å². The smallest absolute Gasteiger partial charge is 0.141 e. The van der Waals surface area contributed by atoms with E-state index in [1.165, 1.54) is 0 Å². The highest BCUT2D eigenvalue weighted by Crippen LogP contribution is 2.24. The summed E-state index contributed by atoms with van der Waals surface area (Å²) >= 11 is 0. The number of nitrogens with one attached hydrogen (secondary N) is 1. The first-order valence-electron chi connectivity index (χ1n) is 6.32. The van der Waals surface area contributed by atoms with Crippen molar-refractivity contribution in [3.05, 3.63) is 24.0 Å². The highest BCUT2D eigenvalue weighted by molar-refractivity contribution is 5.93. The number of nitrogens with zero attached hydrogens (tertiary/aromatic N) is 2. The third-order valence-electron chi connectivity index (χ3n) is 3.42. The Morgan fingerprint density at radius 1 is 1.58 bits per heavy atom. The van der Waals surface area contributed by atoms with Crippen LogP contribution in [0, 0.1) is 5.41 Å². The van der Waals surface area contributed by atoms with Crippen molar-refractivity contribution in [3.8, 4) is 0 Å². The molecule has 0 aromatic carbocycles. The normalized spacial score (nSPS) is 18.0. The number of hydrogen-bond donors (Lipinski definition) is 3. The van der Waals surface area contributed by atoms with Gasteiger partial charge in [-0.15, -0.1) is 0 Å². The summed E-state index contributed by atoms with van der Waals surface area (Å²) in [4.78, 5) is 5.98. The van der Waals surface area contributed by atoms with Gasteiger partial charge in [-0.1, -0.05) is 0 Å². The molecule has 4 N–H and O–H groups in total. The molecule has 0 bridgehead atoms. The minimum atomic E-state index is -0.716. The van der Waals surface area contributed by atoms with E-state index in [1.54, 1.807) is 12.3 Å². The Labute approximate surface area is 112 Å². The first kappa shape index (κ1) is 13.8. The average Bonchev–Trinajstić information content (AvgIpc) is 2.39.